The zero-order valence-corrected chi connectivity index (χ0v) is 32.1. The molecule has 3 aliphatic heterocycles. The first-order valence-electron chi connectivity index (χ1n) is 19.6. The number of nitrogens with zero attached hydrogens (tertiary/aromatic N) is 2. The molecule has 292 valence electrons. The van der Waals surface area contributed by atoms with Crippen molar-refractivity contribution in [2.24, 2.45) is 0 Å². The summed E-state index contributed by atoms with van der Waals surface area (Å²) in [7, 11) is 1.45. The zero-order valence-electron chi connectivity index (χ0n) is 32.1. The Morgan fingerprint density at radius 2 is 1.84 bits per heavy atom. The van der Waals surface area contributed by atoms with Crippen LogP contribution in [0.15, 0.2) is 91.0 Å². The third-order valence-electron chi connectivity index (χ3n) is 10.8. The van der Waals surface area contributed by atoms with Gasteiger partial charge in [0.15, 0.2) is 17.1 Å². The van der Waals surface area contributed by atoms with Crippen LogP contribution in [0.2, 0.25) is 0 Å². The van der Waals surface area contributed by atoms with Crippen LogP contribution in [0.1, 0.15) is 65.3 Å². The van der Waals surface area contributed by atoms with E-state index < -0.39 is 18.1 Å². The first kappa shape index (κ1) is 37.8. The van der Waals surface area contributed by atoms with Crippen molar-refractivity contribution in [3.8, 4) is 51.7 Å². The second kappa shape index (κ2) is 16.5. The zero-order chi connectivity index (χ0) is 39.5. The fraction of sp³-hybridized carbons (Fsp3) is 0.298. The quantitative estimate of drug-likeness (QED) is 0.0907. The van der Waals surface area contributed by atoms with Crippen LogP contribution in [0.25, 0.3) is 17.2 Å². The summed E-state index contributed by atoms with van der Waals surface area (Å²) in [5.41, 5.74) is 6.52. The Balaban J connectivity index is 1.22. The van der Waals surface area contributed by atoms with E-state index in [4.69, 9.17) is 19.2 Å². The predicted octanol–water partition coefficient (Wildman–Crippen LogP) is 6.67. The molecule has 0 saturated carbocycles. The smallest absolute Gasteiger partial charge is 0.335 e. The van der Waals surface area contributed by atoms with E-state index in [-0.39, 0.29) is 65.6 Å². The number of anilines is 1. The van der Waals surface area contributed by atoms with E-state index in [1.807, 2.05) is 42.5 Å². The van der Waals surface area contributed by atoms with Gasteiger partial charge in [-0.25, -0.2) is 0 Å². The molecule has 0 aliphatic carbocycles. The Morgan fingerprint density at radius 3 is 2.63 bits per heavy atom. The van der Waals surface area contributed by atoms with Gasteiger partial charge in [-0.05, 0) is 72.4 Å². The molecule has 0 amide bonds. The molecule has 5 N–H and O–H groups in total. The van der Waals surface area contributed by atoms with Gasteiger partial charge in [-0.3, -0.25) is 4.79 Å². The number of aromatic nitrogens is 1. The number of ether oxygens (including phenoxy) is 3. The van der Waals surface area contributed by atoms with Crippen molar-refractivity contribution in [2.75, 3.05) is 38.3 Å². The second-order valence-electron chi connectivity index (χ2n) is 14.7. The minimum absolute atomic E-state index is 0.0101. The number of methoxy groups -OCH3 is 1. The van der Waals surface area contributed by atoms with Crippen molar-refractivity contribution in [1.29, 1.82) is 0 Å². The summed E-state index contributed by atoms with van der Waals surface area (Å²) in [5.74, 6) is 7.68. The van der Waals surface area contributed by atoms with Crippen LogP contribution in [0, 0.1) is 11.8 Å². The van der Waals surface area contributed by atoms with Gasteiger partial charge in [-0.1, -0.05) is 115 Å². The Labute approximate surface area is 332 Å². The molecular formula is C47H47N3O7. The van der Waals surface area contributed by atoms with Gasteiger partial charge in [0.25, 0.3) is 0 Å². The van der Waals surface area contributed by atoms with Crippen LogP contribution < -0.4 is 29.4 Å². The maximum atomic E-state index is 12.3. The SMILES string of the molecule is CCc1cc2c([n-]1)N1CCNC(C#CC(c3c(O)c(OC)c(OCCC(O)C=Cc4ccccc4)c4c3OC(c3ccc(O)cc3)CC4=[OH+])Cc3cccc-2c3)C1. The van der Waals surface area contributed by atoms with Crippen molar-refractivity contribution in [3.63, 3.8) is 0 Å². The third kappa shape index (κ3) is 7.95. The first-order chi connectivity index (χ1) is 27.8. The van der Waals surface area contributed by atoms with E-state index in [0.717, 1.165) is 58.8 Å². The van der Waals surface area contributed by atoms with Gasteiger partial charge < -0.3 is 44.7 Å². The summed E-state index contributed by atoms with van der Waals surface area (Å²) in [5, 5.41) is 36.7. The summed E-state index contributed by atoms with van der Waals surface area (Å²) >= 11 is 0. The molecule has 10 nitrogen and oxygen atoms in total. The number of hydrogen-bond donors (Lipinski definition) is 4. The van der Waals surface area contributed by atoms with E-state index in [2.05, 4.69) is 53.2 Å². The average molecular weight is 766 g/mol. The Kier molecular flexibility index (Phi) is 10.9. The molecular weight excluding hydrogens is 719 g/mol. The van der Waals surface area contributed by atoms with Crippen molar-refractivity contribution in [2.45, 2.75) is 56.8 Å². The predicted molar refractivity (Wildman–Crippen MR) is 221 cm³/mol. The Morgan fingerprint density at radius 1 is 1.02 bits per heavy atom. The fourth-order valence-corrected chi connectivity index (χ4v) is 7.89. The minimum atomic E-state index is -0.812. The van der Waals surface area contributed by atoms with E-state index in [1.54, 1.807) is 30.3 Å². The molecule has 4 atom stereocenters. The van der Waals surface area contributed by atoms with E-state index in [9.17, 15) is 20.1 Å². The third-order valence-corrected chi connectivity index (χ3v) is 10.8. The highest BCUT2D eigenvalue weighted by atomic mass is 16.5. The molecule has 4 bridgehead atoms. The van der Waals surface area contributed by atoms with E-state index in [1.165, 1.54) is 7.11 Å². The lowest BCUT2D eigenvalue weighted by atomic mass is 9.85. The van der Waals surface area contributed by atoms with Crippen LogP contribution in [0.5, 0.6) is 28.7 Å². The molecule has 0 radical (unpaired) electrons. The molecule has 57 heavy (non-hydrogen) atoms. The van der Waals surface area contributed by atoms with Gasteiger partial charge in [-0.2, -0.15) is 0 Å². The summed E-state index contributed by atoms with van der Waals surface area (Å²) in [4.78, 5) is 19.3. The Bertz CT molecular complexity index is 2340. The number of carbonyl (C=O) groups excluding carboxylic acids is 1. The highest BCUT2D eigenvalue weighted by Crippen LogP contribution is 2.55. The molecule has 1 saturated heterocycles. The number of nitrogens with one attached hydrogen (secondary N) is 1. The number of aliphatic hydroxyl groups is 1. The molecule has 1 aromatic heterocycles. The summed E-state index contributed by atoms with van der Waals surface area (Å²) < 4.78 is 19.0. The molecule has 4 unspecified atom stereocenters. The molecule has 4 aromatic carbocycles. The molecule has 5 aromatic rings. The van der Waals surface area contributed by atoms with Crippen LogP contribution in [0.3, 0.4) is 0 Å². The van der Waals surface area contributed by atoms with Crippen LogP contribution in [-0.2, 0) is 12.8 Å². The maximum absolute atomic E-state index is 12.3. The standard InChI is InChI=1S/C47H46N3O7/c1-3-34-26-38-32-11-7-10-30(24-32)25-33(13-16-35-28-50(22-21-48-35)47(38)49-34)41-43(54)46(55-2)45(56-23-20-37(52)17-12-29-8-5-4-6-9-29)42-39(53)27-40(57-44(41)42)31-14-18-36(51)19-15-31/h4-12,14-15,17-19,24,26,33,35,37,40,48,51-52H,3,20-23,25,27-28H2,1-2H3,(H,53,54)/q-1/p+1. The average Bonchev–Trinajstić information content (AvgIpc) is 3.67. The van der Waals surface area contributed by atoms with E-state index in [0.29, 0.717) is 18.5 Å². The molecule has 3 aliphatic rings. The number of hydrogen-bond acceptors (Lipinski definition) is 8. The number of aliphatic hydroxyl groups excluding tert-OH is 1. The van der Waals surface area contributed by atoms with Gasteiger partial charge in [0, 0.05) is 6.42 Å². The number of benzene rings is 4. The van der Waals surface area contributed by atoms with Crippen LogP contribution >= 0.6 is 0 Å². The Hall–Kier alpha value is -6.15. The number of phenols is 2. The number of piperazine rings is 1. The van der Waals surface area contributed by atoms with Crippen molar-refractivity contribution < 1.29 is 34.3 Å². The van der Waals surface area contributed by atoms with Crippen molar-refractivity contribution >= 4 is 17.7 Å². The maximum Gasteiger partial charge on any atom is 0.335 e. The topological polar surface area (TPSA) is 139 Å². The van der Waals surface area contributed by atoms with Crippen LogP contribution in [0.4, 0.5) is 5.82 Å². The number of phenolic OH excluding ortho intramolecular Hbond substituents is 2. The van der Waals surface area contributed by atoms with Gasteiger partial charge in [0.1, 0.15) is 24.0 Å². The lowest BCUT2D eigenvalue weighted by molar-refractivity contribution is 0.172. The monoisotopic (exact) mass is 765 g/mol. The largest absolute Gasteiger partial charge is 0.508 e. The molecule has 10 heteroatoms. The molecule has 8 rings (SSSR count). The van der Waals surface area contributed by atoms with Gasteiger partial charge in [0.05, 0.1) is 37.3 Å². The van der Waals surface area contributed by atoms with Gasteiger partial charge >= 0.3 is 5.78 Å². The van der Waals surface area contributed by atoms with E-state index >= 15 is 0 Å². The number of aryl methyl sites for hydroxylation is 1. The molecule has 1 fully saturated rings. The van der Waals surface area contributed by atoms with Crippen molar-refractivity contribution in [1.82, 2.24) is 10.3 Å². The van der Waals surface area contributed by atoms with Crippen molar-refractivity contribution in [3.05, 3.63) is 125 Å². The normalized spacial score (nSPS) is 19.2. The summed E-state index contributed by atoms with van der Waals surface area (Å²) in [6, 6.07) is 26.7. The number of fused-ring (bicyclic) bond motifs is 8. The number of ketones is 1. The van der Waals surface area contributed by atoms with Gasteiger partial charge in [-0.15, -0.1) is 0 Å². The number of aromatic hydroxyl groups is 2. The highest BCUT2D eigenvalue weighted by Gasteiger charge is 2.42. The molecule has 4 heterocycles. The van der Waals surface area contributed by atoms with Gasteiger partial charge in [0.2, 0.25) is 5.75 Å². The highest BCUT2D eigenvalue weighted by molar-refractivity contribution is 6.05. The summed E-state index contributed by atoms with van der Waals surface area (Å²) in [6.07, 6.45) is 3.68. The first-order valence-corrected chi connectivity index (χ1v) is 19.6. The van der Waals surface area contributed by atoms with Crippen LogP contribution in [-0.4, -0.2) is 71.4 Å². The lowest BCUT2D eigenvalue weighted by Crippen LogP contribution is -2.50. The second-order valence-corrected chi connectivity index (χ2v) is 14.7. The fourth-order valence-electron chi connectivity index (χ4n) is 7.89. The lowest BCUT2D eigenvalue weighted by Gasteiger charge is -2.40. The minimum Gasteiger partial charge on any atom is -0.508 e. The molecule has 0 spiro atoms. The summed E-state index contributed by atoms with van der Waals surface area (Å²) in [6.45, 7) is 4.33. The number of rotatable bonds is 10.